The standard InChI is InChI=1S/C31H39N3O5/c1-4-10-25(28(36)30-33-24-13-8-9-14-26(24)39-30)32-29(37)23(19-27(35)34-15-17-38-18-16-34)21-31(2,3)20-22-11-6-5-7-12-22/h5-9,11-14,23,25H,4,10,15-21H2,1-3H3,(H,32,37). The fraction of sp³-hybridized carbons (Fsp3) is 0.484. The van der Waals surface area contributed by atoms with E-state index < -0.39 is 12.0 Å². The lowest BCUT2D eigenvalue weighted by atomic mass is 9.76. The van der Waals surface area contributed by atoms with Crippen molar-refractivity contribution >= 4 is 28.7 Å². The normalized spacial score (nSPS) is 15.6. The number of hydrogen-bond donors (Lipinski definition) is 1. The van der Waals surface area contributed by atoms with E-state index in [0.717, 1.165) is 6.42 Å². The van der Waals surface area contributed by atoms with Gasteiger partial charge in [-0.1, -0.05) is 69.7 Å². The molecule has 0 saturated carbocycles. The number of nitrogens with zero attached hydrogens (tertiary/aromatic N) is 2. The van der Waals surface area contributed by atoms with Crippen LogP contribution in [0.2, 0.25) is 0 Å². The average Bonchev–Trinajstić information content (AvgIpc) is 3.37. The van der Waals surface area contributed by atoms with Crippen LogP contribution in [0.25, 0.3) is 11.1 Å². The summed E-state index contributed by atoms with van der Waals surface area (Å²) in [6, 6.07) is 16.6. The third-order valence-electron chi connectivity index (χ3n) is 7.20. The minimum Gasteiger partial charge on any atom is -0.434 e. The Balaban J connectivity index is 1.52. The largest absolute Gasteiger partial charge is 0.434 e. The second-order valence-corrected chi connectivity index (χ2v) is 11.1. The van der Waals surface area contributed by atoms with Crippen molar-refractivity contribution in [1.29, 1.82) is 0 Å². The molecule has 8 nitrogen and oxygen atoms in total. The molecule has 3 aromatic rings. The van der Waals surface area contributed by atoms with Gasteiger partial charge in [-0.05, 0) is 42.4 Å². The van der Waals surface area contributed by atoms with Gasteiger partial charge in [0.05, 0.1) is 19.3 Å². The molecule has 1 saturated heterocycles. The first-order chi connectivity index (χ1) is 18.8. The van der Waals surface area contributed by atoms with Gasteiger partial charge in [-0.15, -0.1) is 0 Å². The fourth-order valence-corrected chi connectivity index (χ4v) is 5.27. The first-order valence-corrected chi connectivity index (χ1v) is 13.9. The number of ketones is 1. The fourth-order valence-electron chi connectivity index (χ4n) is 5.27. The van der Waals surface area contributed by atoms with Crippen LogP contribution >= 0.6 is 0 Å². The lowest BCUT2D eigenvalue weighted by Crippen LogP contribution is -2.47. The van der Waals surface area contributed by atoms with Crippen molar-refractivity contribution in [1.82, 2.24) is 15.2 Å². The topological polar surface area (TPSA) is 102 Å². The van der Waals surface area contributed by atoms with Gasteiger partial charge in [0.1, 0.15) is 5.52 Å². The van der Waals surface area contributed by atoms with Crippen LogP contribution in [0.3, 0.4) is 0 Å². The van der Waals surface area contributed by atoms with Gasteiger partial charge in [-0.25, -0.2) is 4.98 Å². The number of carbonyl (C=O) groups excluding carboxylic acids is 3. The number of Topliss-reactive ketones (excluding diaryl/α,β-unsaturated/α-hetero) is 1. The molecule has 2 heterocycles. The molecule has 39 heavy (non-hydrogen) atoms. The van der Waals surface area contributed by atoms with Crippen LogP contribution in [-0.2, 0) is 20.7 Å². The molecule has 1 fully saturated rings. The Morgan fingerprint density at radius 1 is 1.03 bits per heavy atom. The third-order valence-corrected chi connectivity index (χ3v) is 7.20. The molecule has 2 unspecified atom stereocenters. The second kappa shape index (κ2) is 13.0. The Morgan fingerprint density at radius 3 is 2.41 bits per heavy atom. The predicted molar refractivity (Wildman–Crippen MR) is 149 cm³/mol. The monoisotopic (exact) mass is 533 g/mol. The number of benzene rings is 2. The first-order valence-electron chi connectivity index (χ1n) is 13.9. The van der Waals surface area contributed by atoms with Gasteiger partial charge in [0.15, 0.2) is 5.58 Å². The molecule has 208 valence electrons. The van der Waals surface area contributed by atoms with E-state index in [1.54, 1.807) is 17.0 Å². The van der Waals surface area contributed by atoms with E-state index in [4.69, 9.17) is 9.15 Å². The number of morpholine rings is 1. The molecule has 4 rings (SSSR count). The molecule has 0 aliphatic carbocycles. The van der Waals surface area contributed by atoms with E-state index in [-0.39, 0.29) is 35.3 Å². The quantitative estimate of drug-likeness (QED) is 0.335. The average molecular weight is 534 g/mol. The second-order valence-electron chi connectivity index (χ2n) is 11.1. The summed E-state index contributed by atoms with van der Waals surface area (Å²) in [5, 5.41) is 2.97. The lowest BCUT2D eigenvalue weighted by molar-refractivity contribution is -0.140. The van der Waals surface area contributed by atoms with Crippen LogP contribution < -0.4 is 5.32 Å². The maximum absolute atomic E-state index is 13.8. The lowest BCUT2D eigenvalue weighted by Gasteiger charge is -2.32. The summed E-state index contributed by atoms with van der Waals surface area (Å²) in [5.41, 5.74) is 2.05. The predicted octanol–water partition coefficient (Wildman–Crippen LogP) is 4.82. The number of nitrogens with one attached hydrogen (secondary N) is 1. The molecule has 0 spiro atoms. The van der Waals surface area contributed by atoms with E-state index in [1.165, 1.54) is 5.56 Å². The Hall–Kier alpha value is -3.52. The maximum atomic E-state index is 13.8. The number of ether oxygens (including phenoxy) is 1. The van der Waals surface area contributed by atoms with Gasteiger partial charge in [0, 0.05) is 25.4 Å². The number of hydrogen-bond acceptors (Lipinski definition) is 6. The van der Waals surface area contributed by atoms with Crippen molar-refractivity contribution in [3.8, 4) is 0 Å². The molecular formula is C31H39N3O5. The number of amides is 2. The highest BCUT2D eigenvalue weighted by Crippen LogP contribution is 2.32. The summed E-state index contributed by atoms with van der Waals surface area (Å²) in [6.45, 7) is 8.24. The smallest absolute Gasteiger partial charge is 0.266 e. The highest BCUT2D eigenvalue weighted by atomic mass is 16.5. The van der Waals surface area contributed by atoms with Crippen LogP contribution in [0.15, 0.2) is 59.0 Å². The van der Waals surface area contributed by atoms with E-state index in [0.29, 0.717) is 56.7 Å². The molecule has 1 aromatic heterocycles. The molecule has 1 N–H and O–H groups in total. The summed E-state index contributed by atoms with van der Waals surface area (Å²) in [4.78, 5) is 46.5. The Kier molecular flexibility index (Phi) is 9.51. The molecule has 2 amide bonds. The molecule has 2 atom stereocenters. The molecule has 1 aliphatic rings. The van der Waals surface area contributed by atoms with Crippen molar-refractivity contribution in [2.45, 2.75) is 58.9 Å². The number of aromatic nitrogens is 1. The van der Waals surface area contributed by atoms with Crippen molar-refractivity contribution in [2.24, 2.45) is 11.3 Å². The highest BCUT2D eigenvalue weighted by Gasteiger charge is 2.34. The van der Waals surface area contributed by atoms with Crippen molar-refractivity contribution in [3.05, 3.63) is 66.1 Å². The Morgan fingerprint density at radius 2 is 1.72 bits per heavy atom. The summed E-state index contributed by atoms with van der Waals surface area (Å²) < 4.78 is 11.1. The summed E-state index contributed by atoms with van der Waals surface area (Å²) in [5.74, 6) is -1.31. The van der Waals surface area contributed by atoms with E-state index in [9.17, 15) is 14.4 Å². The molecule has 0 radical (unpaired) electrons. The van der Waals surface area contributed by atoms with Gasteiger partial charge >= 0.3 is 0 Å². The SMILES string of the molecule is CCCC(NC(=O)C(CC(=O)N1CCOCC1)CC(C)(C)Cc1ccccc1)C(=O)c1nc2ccccc2o1. The zero-order valence-electron chi connectivity index (χ0n) is 23.2. The number of fused-ring (bicyclic) bond motifs is 1. The molecule has 0 bridgehead atoms. The first kappa shape index (κ1) is 28.5. The van der Waals surface area contributed by atoms with E-state index >= 15 is 0 Å². The van der Waals surface area contributed by atoms with Crippen molar-refractivity contribution in [2.75, 3.05) is 26.3 Å². The van der Waals surface area contributed by atoms with E-state index in [2.05, 4.69) is 36.3 Å². The van der Waals surface area contributed by atoms with Gasteiger partial charge in [0.2, 0.25) is 17.6 Å². The van der Waals surface area contributed by atoms with Gasteiger partial charge in [-0.2, -0.15) is 0 Å². The van der Waals surface area contributed by atoms with Crippen LogP contribution in [0, 0.1) is 11.3 Å². The molecule has 8 heteroatoms. The van der Waals surface area contributed by atoms with Crippen molar-refractivity contribution in [3.63, 3.8) is 0 Å². The summed E-state index contributed by atoms with van der Waals surface area (Å²) in [6.07, 6.45) is 2.48. The maximum Gasteiger partial charge on any atom is 0.266 e. The number of para-hydroxylation sites is 2. The minimum atomic E-state index is -0.784. The molecule has 2 aromatic carbocycles. The summed E-state index contributed by atoms with van der Waals surface area (Å²) >= 11 is 0. The van der Waals surface area contributed by atoms with E-state index in [1.807, 2.05) is 37.3 Å². The number of rotatable bonds is 12. The minimum absolute atomic E-state index is 0.0136. The highest BCUT2D eigenvalue weighted by molar-refractivity contribution is 6.00. The van der Waals surface area contributed by atoms with Crippen molar-refractivity contribution < 1.29 is 23.5 Å². The Bertz CT molecular complexity index is 1230. The van der Waals surface area contributed by atoms with Gasteiger partial charge in [0.25, 0.3) is 5.89 Å². The molecular weight excluding hydrogens is 494 g/mol. The van der Waals surface area contributed by atoms with Crippen LogP contribution in [-0.4, -0.2) is 59.8 Å². The van der Waals surface area contributed by atoms with Crippen LogP contribution in [0.5, 0.6) is 0 Å². The van der Waals surface area contributed by atoms with Crippen LogP contribution in [0.1, 0.15) is 62.7 Å². The number of oxazole rings is 1. The molecule has 1 aliphatic heterocycles. The zero-order valence-corrected chi connectivity index (χ0v) is 23.2. The summed E-state index contributed by atoms with van der Waals surface area (Å²) in [7, 11) is 0. The zero-order chi connectivity index (χ0) is 27.8. The van der Waals surface area contributed by atoms with Gasteiger partial charge in [-0.3, -0.25) is 14.4 Å². The third kappa shape index (κ3) is 7.76. The Labute approximate surface area is 230 Å². The van der Waals surface area contributed by atoms with Crippen LogP contribution in [0.4, 0.5) is 0 Å². The van der Waals surface area contributed by atoms with Gasteiger partial charge < -0.3 is 19.4 Å². The number of carbonyl (C=O) groups is 3.